The Kier molecular flexibility index (Phi) is 4.93. The molecule has 2 aliphatic heterocycles. The maximum atomic E-state index is 12.2. The molecule has 2 aliphatic rings. The number of hydrogen-bond donors (Lipinski definition) is 1. The fourth-order valence-corrected chi connectivity index (χ4v) is 3.58. The van der Waals surface area contributed by atoms with Crippen LogP contribution < -0.4 is 14.8 Å². The largest absolute Gasteiger partial charge is 0.454 e. The maximum Gasteiger partial charge on any atom is 0.251 e. The zero-order chi connectivity index (χ0) is 17.2. The van der Waals surface area contributed by atoms with Crippen molar-refractivity contribution in [3.63, 3.8) is 0 Å². The predicted molar refractivity (Wildman–Crippen MR) is 87.8 cm³/mol. The van der Waals surface area contributed by atoms with E-state index in [1.807, 2.05) is 0 Å². The number of fused-ring (bicyclic) bond motifs is 1. The minimum absolute atomic E-state index is 0.164. The van der Waals surface area contributed by atoms with Crippen LogP contribution in [0.5, 0.6) is 11.5 Å². The molecule has 1 saturated heterocycles. The van der Waals surface area contributed by atoms with Crippen LogP contribution in [0.3, 0.4) is 0 Å². The van der Waals surface area contributed by atoms with Gasteiger partial charge in [-0.3, -0.25) is 9.69 Å². The summed E-state index contributed by atoms with van der Waals surface area (Å²) in [5.41, 5.74) is 0.529. The summed E-state index contributed by atoms with van der Waals surface area (Å²) in [6.45, 7) is 3.71. The number of rotatable bonds is 5. The first-order chi connectivity index (χ1) is 11.4. The van der Waals surface area contributed by atoms with Gasteiger partial charge in [-0.15, -0.1) is 0 Å². The van der Waals surface area contributed by atoms with Gasteiger partial charge in [-0.1, -0.05) is 0 Å². The molecule has 0 aromatic heterocycles. The van der Waals surface area contributed by atoms with Crippen molar-refractivity contribution in [1.82, 2.24) is 14.5 Å². The van der Waals surface area contributed by atoms with E-state index in [2.05, 4.69) is 10.2 Å². The van der Waals surface area contributed by atoms with E-state index in [0.717, 1.165) is 0 Å². The molecule has 3 rings (SSSR count). The van der Waals surface area contributed by atoms with Crippen molar-refractivity contribution >= 4 is 15.9 Å². The summed E-state index contributed by atoms with van der Waals surface area (Å²) in [4.78, 5) is 14.3. The predicted octanol–water partition coefficient (Wildman–Crippen LogP) is -0.278. The van der Waals surface area contributed by atoms with Crippen molar-refractivity contribution in [2.75, 3.05) is 52.3 Å². The zero-order valence-electron chi connectivity index (χ0n) is 13.5. The van der Waals surface area contributed by atoms with E-state index in [9.17, 15) is 13.2 Å². The second kappa shape index (κ2) is 6.96. The summed E-state index contributed by atoms with van der Waals surface area (Å²) in [5.74, 6) is 1.07. The van der Waals surface area contributed by atoms with E-state index in [-0.39, 0.29) is 12.7 Å². The SMILES string of the molecule is CS(=O)(=O)N1CCN(CCNC(=O)c2ccc3c(c2)OCO3)CC1. The molecule has 1 N–H and O–H groups in total. The van der Waals surface area contributed by atoms with Crippen LogP contribution in [0.4, 0.5) is 0 Å². The van der Waals surface area contributed by atoms with E-state index >= 15 is 0 Å². The lowest BCUT2D eigenvalue weighted by Crippen LogP contribution is -2.49. The van der Waals surface area contributed by atoms with Crippen LogP contribution in [0.25, 0.3) is 0 Å². The first-order valence-corrected chi connectivity index (χ1v) is 9.63. The molecule has 24 heavy (non-hydrogen) atoms. The van der Waals surface area contributed by atoms with Crippen LogP contribution >= 0.6 is 0 Å². The van der Waals surface area contributed by atoms with Gasteiger partial charge in [-0.05, 0) is 18.2 Å². The molecule has 0 bridgehead atoms. The van der Waals surface area contributed by atoms with Crippen LogP contribution in [0, 0.1) is 0 Å². The molecular weight excluding hydrogens is 334 g/mol. The Hall–Kier alpha value is -1.84. The number of carbonyl (C=O) groups excluding carboxylic acids is 1. The Morgan fingerprint density at radius 3 is 2.58 bits per heavy atom. The number of amides is 1. The molecule has 132 valence electrons. The summed E-state index contributed by atoms with van der Waals surface area (Å²) in [6.07, 6.45) is 1.23. The standard InChI is InChI=1S/C15H21N3O5S/c1-24(20,21)18-8-6-17(7-9-18)5-4-16-15(19)12-2-3-13-14(10-12)23-11-22-13/h2-3,10H,4-9,11H2,1H3,(H,16,19). The minimum atomic E-state index is -3.11. The molecular formula is C15H21N3O5S. The Morgan fingerprint density at radius 2 is 1.88 bits per heavy atom. The second-order valence-electron chi connectivity index (χ2n) is 5.83. The molecule has 1 aromatic rings. The highest BCUT2D eigenvalue weighted by Gasteiger charge is 2.23. The summed E-state index contributed by atoms with van der Waals surface area (Å²) in [5, 5.41) is 2.87. The van der Waals surface area contributed by atoms with Gasteiger partial charge in [0.25, 0.3) is 5.91 Å². The second-order valence-corrected chi connectivity index (χ2v) is 7.81. The van der Waals surface area contributed by atoms with Gasteiger partial charge in [0.1, 0.15) is 0 Å². The molecule has 1 amide bonds. The van der Waals surface area contributed by atoms with Crippen molar-refractivity contribution < 1.29 is 22.7 Å². The molecule has 9 heteroatoms. The van der Waals surface area contributed by atoms with Crippen LogP contribution in [0.1, 0.15) is 10.4 Å². The van der Waals surface area contributed by atoms with E-state index in [4.69, 9.17) is 9.47 Å². The van der Waals surface area contributed by atoms with Crippen molar-refractivity contribution in [3.05, 3.63) is 23.8 Å². The monoisotopic (exact) mass is 355 g/mol. The fourth-order valence-electron chi connectivity index (χ4n) is 2.75. The molecule has 1 fully saturated rings. The van der Waals surface area contributed by atoms with Gasteiger partial charge in [-0.2, -0.15) is 4.31 Å². The molecule has 1 aromatic carbocycles. The normalized spacial score (nSPS) is 18.5. The highest BCUT2D eigenvalue weighted by atomic mass is 32.2. The fraction of sp³-hybridized carbons (Fsp3) is 0.533. The van der Waals surface area contributed by atoms with Crippen molar-refractivity contribution in [3.8, 4) is 11.5 Å². The topological polar surface area (TPSA) is 88.2 Å². The lowest BCUT2D eigenvalue weighted by atomic mass is 10.2. The van der Waals surface area contributed by atoms with E-state index in [1.54, 1.807) is 18.2 Å². The summed E-state index contributed by atoms with van der Waals surface area (Å²) in [7, 11) is -3.11. The molecule has 0 aliphatic carbocycles. The van der Waals surface area contributed by atoms with Gasteiger partial charge in [-0.25, -0.2) is 8.42 Å². The average Bonchev–Trinajstić information content (AvgIpc) is 3.02. The molecule has 0 unspecified atom stereocenters. The Labute approximate surface area is 141 Å². The molecule has 0 spiro atoms. The number of ether oxygens (including phenoxy) is 2. The maximum absolute atomic E-state index is 12.2. The zero-order valence-corrected chi connectivity index (χ0v) is 14.3. The lowest BCUT2D eigenvalue weighted by Gasteiger charge is -2.33. The summed E-state index contributed by atoms with van der Waals surface area (Å²) >= 11 is 0. The van der Waals surface area contributed by atoms with Crippen molar-refractivity contribution in [2.45, 2.75) is 0 Å². The third-order valence-corrected chi connectivity index (χ3v) is 5.45. The van der Waals surface area contributed by atoms with Crippen LogP contribution in [-0.2, 0) is 10.0 Å². The van der Waals surface area contributed by atoms with Gasteiger partial charge < -0.3 is 14.8 Å². The molecule has 0 atom stereocenters. The summed E-state index contributed by atoms with van der Waals surface area (Å²) < 4.78 is 34.9. The molecule has 2 heterocycles. The van der Waals surface area contributed by atoms with Crippen molar-refractivity contribution in [2.24, 2.45) is 0 Å². The quantitative estimate of drug-likeness (QED) is 0.782. The number of benzene rings is 1. The van der Waals surface area contributed by atoms with E-state index < -0.39 is 10.0 Å². The van der Waals surface area contributed by atoms with Gasteiger partial charge in [0.2, 0.25) is 16.8 Å². The van der Waals surface area contributed by atoms with E-state index in [0.29, 0.717) is 56.3 Å². The first kappa shape index (κ1) is 17.0. The average molecular weight is 355 g/mol. The van der Waals surface area contributed by atoms with Gasteiger partial charge in [0, 0.05) is 44.8 Å². The number of hydrogen-bond acceptors (Lipinski definition) is 6. The van der Waals surface area contributed by atoms with E-state index in [1.165, 1.54) is 10.6 Å². The lowest BCUT2D eigenvalue weighted by molar-refractivity contribution is 0.0944. The third-order valence-electron chi connectivity index (χ3n) is 4.15. The number of sulfonamides is 1. The number of piperazine rings is 1. The third kappa shape index (κ3) is 3.97. The molecule has 8 nitrogen and oxygen atoms in total. The highest BCUT2D eigenvalue weighted by Crippen LogP contribution is 2.32. The van der Waals surface area contributed by atoms with Gasteiger partial charge in [0.05, 0.1) is 6.26 Å². The van der Waals surface area contributed by atoms with Crippen LogP contribution in [-0.4, -0.2) is 75.8 Å². The van der Waals surface area contributed by atoms with Crippen LogP contribution in [0.15, 0.2) is 18.2 Å². The minimum Gasteiger partial charge on any atom is -0.454 e. The molecule has 0 saturated carbocycles. The Morgan fingerprint density at radius 1 is 1.17 bits per heavy atom. The highest BCUT2D eigenvalue weighted by molar-refractivity contribution is 7.88. The molecule has 0 radical (unpaired) electrons. The smallest absolute Gasteiger partial charge is 0.251 e. The Bertz CT molecular complexity index is 714. The van der Waals surface area contributed by atoms with Crippen LogP contribution in [0.2, 0.25) is 0 Å². The van der Waals surface area contributed by atoms with Crippen molar-refractivity contribution in [1.29, 1.82) is 0 Å². The summed E-state index contributed by atoms with van der Waals surface area (Å²) in [6, 6.07) is 5.10. The van der Waals surface area contributed by atoms with Gasteiger partial charge in [0.15, 0.2) is 11.5 Å². The number of carbonyl (C=O) groups is 1. The Balaban J connectivity index is 1.43. The van der Waals surface area contributed by atoms with Gasteiger partial charge >= 0.3 is 0 Å². The number of nitrogens with one attached hydrogen (secondary N) is 1. The first-order valence-electron chi connectivity index (χ1n) is 7.79. The number of nitrogens with zero attached hydrogens (tertiary/aromatic N) is 2.